The lowest BCUT2D eigenvalue weighted by Crippen LogP contribution is -2.65. The van der Waals surface area contributed by atoms with Gasteiger partial charge in [0.05, 0.1) is 12.0 Å². The molecule has 0 aliphatic carbocycles. The van der Waals surface area contributed by atoms with Crippen LogP contribution in [0.2, 0.25) is 5.04 Å². The zero-order valence-corrected chi connectivity index (χ0v) is 19.7. The van der Waals surface area contributed by atoms with Crippen molar-refractivity contribution >= 4 is 24.7 Å². The molecule has 29 heavy (non-hydrogen) atoms. The molecule has 2 aromatic carbocycles. The SMILES string of the molecule is CCC(C)OC(=O)[C@H](C)C(C)CC(C)(C)[Si](O)(c1ccccc1)c1ccccc1. The van der Waals surface area contributed by atoms with Gasteiger partial charge in [0.1, 0.15) is 0 Å². The van der Waals surface area contributed by atoms with Gasteiger partial charge in [0.25, 0.3) is 8.32 Å². The molecule has 0 radical (unpaired) electrons. The molecule has 0 fully saturated rings. The van der Waals surface area contributed by atoms with E-state index in [4.69, 9.17) is 4.74 Å². The van der Waals surface area contributed by atoms with E-state index in [-0.39, 0.29) is 28.9 Å². The summed E-state index contributed by atoms with van der Waals surface area (Å²) >= 11 is 0. The van der Waals surface area contributed by atoms with Crippen LogP contribution in [0.25, 0.3) is 0 Å². The summed E-state index contributed by atoms with van der Waals surface area (Å²) in [5, 5.41) is 1.62. The fourth-order valence-electron chi connectivity index (χ4n) is 4.06. The van der Waals surface area contributed by atoms with Crippen molar-refractivity contribution in [3.8, 4) is 0 Å². The van der Waals surface area contributed by atoms with Gasteiger partial charge in [0, 0.05) is 0 Å². The van der Waals surface area contributed by atoms with Gasteiger partial charge in [0.2, 0.25) is 0 Å². The van der Waals surface area contributed by atoms with E-state index in [9.17, 15) is 9.59 Å². The Bertz CT molecular complexity index is 734. The summed E-state index contributed by atoms with van der Waals surface area (Å²) in [6.07, 6.45) is 1.48. The largest absolute Gasteiger partial charge is 0.462 e. The second kappa shape index (κ2) is 9.73. The molecule has 4 heteroatoms. The number of benzene rings is 2. The van der Waals surface area contributed by atoms with Gasteiger partial charge in [-0.25, -0.2) is 0 Å². The quantitative estimate of drug-likeness (QED) is 0.486. The zero-order chi connectivity index (χ0) is 21.7. The molecule has 3 nitrogen and oxygen atoms in total. The number of esters is 1. The lowest BCUT2D eigenvalue weighted by atomic mass is 9.87. The van der Waals surface area contributed by atoms with Gasteiger partial charge in [0.15, 0.2) is 0 Å². The van der Waals surface area contributed by atoms with Crippen LogP contribution in [0.1, 0.15) is 54.4 Å². The highest BCUT2D eigenvalue weighted by Crippen LogP contribution is 2.43. The molecule has 0 heterocycles. The van der Waals surface area contributed by atoms with E-state index in [0.29, 0.717) is 0 Å². The molecule has 1 N–H and O–H groups in total. The Hall–Kier alpha value is -1.91. The van der Waals surface area contributed by atoms with Crippen molar-refractivity contribution in [3.63, 3.8) is 0 Å². The fraction of sp³-hybridized carbons (Fsp3) is 0.480. The molecule has 0 spiro atoms. The first-order valence-electron chi connectivity index (χ1n) is 10.7. The third-order valence-corrected chi connectivity index (χ3v) is 10.8. The van der Waals surface area contributed by atoms with Gasteiger partial charge in [-0.15, -0.1) is 0 Å². The zero-order valence-electron chi connectivity index (χ0n) is 18.7. The minimum absolute atomic E-state index is 0.0647. The first-order valence-corrected chi connectivity index (χ1v) is 12.6. The van der Waals surface area contributed by atoms with Crippen molar-refractivity contribution < 1.29 is 14.3 Å². The average molecular weight is 413 g/mol. The van der Waals surface area contributed by atoms with Gasteiger partial charge in [-0.2, -0.15) is 0 Å². The number of carbonyl (C=O) groups excluding carboxylic acids is 1. The number of ether oxygens (including phenoxy) is 1. The van der Waals surface area contributed by atoms with E-state index in [1.807, 2.05) is 81.4 Å². The van der Waals surface area contributed by atoms with Gasteiger partial charge in [-0.05, 0) is 41.1 Å². The van der Waals surface area contributed by atoms with Gasteiger partial charge in [-0.3, -0.25) is 4.79 Å². The molecule has 0 aromatic heterocycles. The molecule has 3 atom stereocenters. The van der Waals surface area contributed by atoms with Crippen LogP contribution in [0.15, 0.2) is 60.7 Å². The number of carbonyl (C=O) groups is 1. The summed E-state index contributed by atoms with van der Waals surface area (Å²) in [6.45, 7) is 12.3. The van der Waals surface area contributed by atoms with Crippen molar-refractivity contribution in [2.75, 3.05) is 0 Å². The molecule has 0 aliphatic rings. The topological polar surface area (TPSA) is 46.5 Å². The molecule has 0 saturated heterocycles. The summed E-state index contributed by atoms with van der Waals surface area (Å²) < 4.78 is 5.56. The maximum absolute atomic E-state index is 12.6. The van der Waals surface area contributed by atoms with Crippen LogP contribution in [-0.2, 0) is 9.53 Å². The Morgan fingerprint density at radius 3 is 1.83 bits per heavy atom. The van der Waals surface area contributed by atoms with Gasteiger partial charge < -0.3 is 9.53 Å². The van der Waals surface area contributed by atoms with Crippen LogP contribution >= 0.6 is 0 Å². The molecular formula is C25H36O3Si. The third kappa shape index (κ3) is 5.17. The maximum atomic E-state index is 12.6. The predicted octanol–water partition coefficient (Wildman–Crippen LogP) is 4.52. The maximum Gasteiger partial charge on any atom is 0.309 e. The second-order valence-corrected chi connectivity index (χ2v) is 12.9. The summed E-state index contributed by atoms with van der Waals surface area (Å²) in [5.74, 6) is -0.270. The summed E-state index contributed by atoms with van der Waals surface area (Å²) in [6, 6.07) is 20.0. The Balaban J connectivity index is 2.34. The molecule has 0 amide bonds. The molecule has 2 aromatic rings. The normalized spacial score (nSPS) is 15.4. The van der Waals surface area contributed by atoms with Crippen molar-refractivity contribution in [3.05, 3.63) is 60.7 Å². The first kappa shape index (κ1) is 23.4. The fourth-order valence-corrected chi connectivity index (χ4v) is 7.92. The number of rotatable bonds is 9. The minimum atomic E-state index is -3.06. The lowest BCUT2D eigenvalue weighted by molar-refractivity contribution is -0.154. The molecule has 0 saturated carbocycles. The van der Waals surface area contributed by atoms with E-state index in [1.165, 1.54) is 0 Å². The van der Waals surface area contributed by atoms with Gasteiger partial charge >= 0.3 is 5.97 Å². The standard InChI is InChI=1S/C25H36O3Si/c1-7-20(3)28-24(26)21(4)19(2)18-25(5,6)29(27,22-14-10-8-11-15-22)23-16-12-9-13-17-23/h8-17,19-21,27H,7,18H2,1-6H3/t19?,20?,21-/m1/s1. The Labute approximate surface area is 177 Å². The van der Waals surface area contributed by atoms with E-state index in [0.717, 1.165) is 23.2 Å². The second-order valence-electron chi connectivity index (χ2n) is 8.95. The van der Waals surface area contributed by atoms with Crippen molar-refractivity contribution in [1.82, 2.24) is 0 Å². The van der Waals surface area contributed by atoms with Crippen LogP contribution in [0.5, 0.6) is 0 Å². The van der Waals surface area contributed by atoms with Crippen molar-refractivity contribution in [1.29, 1.82) is 0 Å². The first-order chi connectivity index (χ1) is 13.6. The number of hydrogen-bond donors (Lipinski definition) is 1. The smallest absolute Gasteiger partial charge is 0.309 e. The Kier molecular flexibility index (Phi) is 7.84. The highest BCUT2D eigenvalue weighted by molar-refractivity contribution is 6.98. The van der Waals surface area contributed by atoms with Crippen LogP contribution in [0.4, 0.5) is 0 Å². The van der Waals surface area contributed by atoms with E-state index in [2.05, 4.69) is 20.8 Å². The number of hydrogen-bond acceptors (Lipinski definition) is 3. The predicted molar refractivity (Wildman–Crippen MR) is 123 cm³/mol. The molecule has 0 aliphatic heterocycles. The van der Waals surface area contributed by atoms with Crippen LogP contribution in [-0.4, -0.2) is 25.2 Å². The van der Waals surface area contributed by atoms with Crippen LogP contribution in [0, 0.1) is 11.8 Å². The highest BCUT2D eigenvalue weighted by Gasteiger charge is 2.50. The molecular weight excluding hydrogens is 376 g/mol. The molecule has 2 unspecified atom stereocenters. The Morgan fingerprint density at radius 1 is 0.966 bits per heavy atom. The Morgan fingerprint density at radius 2 is 1.41 bits per heavy atom. The minimum Gasteiger partial charge on any atom is -0.462 e. The van der Waals surface area contributed by atoms with E-state index in [1.54, 1.807) is 0 Å². The molecule has 2 rings (SSSR count). The summed E-state index contributed by atoms with van der Waals surface area (Å²) in [4.78, 5) is 24.8. The van der Waals surface area contributed by atoms with Gasteiger partial charge in [-0.1, -0.05) is 95.3 Å². The highest BCUT2D eigenvalue weighted by atomic mass is 28.4. The third-order valence-electron chi connectivity index (χ3n) is 6.31. The monoisotopic (exact) mass is 412 g/mol. The average Bonchev–Trinajstić information content (AvgIpc) is 2.73. The summed E-state index contributed by atoms with van der Waals surface area (Å²) in [7, 11) is -3.06. The summed E-state index contributed by atoms with van der Waals surface area (Å²) in [5.41, 5.74) is 0. The van der Waals surface area contributed by atoms with E-state index < -0.39 is 8.32 Å². The lowest BCUT2D eigenvalue weighted by Gasteiger charge is -2.43. The molecule has 0 bridgehead atoms. The van der Waals surface area contributed by atoms with Crippen LogP contribution < -0.4 is 10.4 Å². The van der Waals surface area contributed by atoms with Crippen molar-refractivity contribution in [2.24, 2.45) is 11.8 Å². The van der Waals surface area contributed by atoms with Crippen LogP contribution in [0.3, 0.4) is 0 Å². The van der Waals surface area contributed by atoms with E-state index >= 15 is 0 Å². The van der Waals surface area contributed by atoms with Crippen molar-refractivity contribution in [2.45, 2.75) is 65.5 Å². The molecule has 158 valence electrons.